The maximum Gasteiger partial charge on any atom is 0.265 e. The second-order valence-electron chi connectivity index (χ2n) is 7.86. The first-order valence-electron chi connectivity index (χ1n) is 10.3. The van der Waals surface area contributed by atoms with Crippen LogP contribution in [0.25, 0.3) is 16.7 Å². The molecule has 1 atom stereocenters. The number of anilines is 1. The van der Waals surface area contributed by atoms with Crippen LogP contribution in [-0.2, 0) is 4.79 Å². The minimum Gasteiger partial charge on any atom is -0.366 e. The highest BCUT2D eigenvalue weighted by Gasteiger charge is 2.29. The molecule has 3 N–H and O–H groups in total. The first kappa shape index (κ1) is 21.0. The minimum absolute atomic E-state index is 0.122. The molecule has 0 fully saturated rings. The first-order valence-corrected chi connectivity index (χ1v) is 11.3. The van der Waals surface area contributed by atoms with Crippen molar-refractivity contribution < 1.29 is 9.59 Å². The number of benzene rings is 2. The number of hydrogen-bond acceptors (Lipinski definition) is 6. The molecule has 166 valence electrons. The molecule has 2 amide bonds. The molecule has 33 heavy (non-hydrogen) atoms. The van der Waals surface area contributed by atoms with Crippen LogP contribution < -0.4 is 16.6 Å². The van der Waals surface area contributed by atoms with E-state index in [1.807, 2.05) is 31.2 Å². The molecule has 1 unspecified atom stereocenters. The standard InChI is InChI=1S/C23H20N6O3S/c1-13-3-2-4-16(9-13)29-21-18(11-25-29)22(32)28-17(12-33-23(28)27-21)10-19(30)26-15-7-5-14(6-8-15)20(24)31/h2-9,11,17H,10,12H2,1H3,(H2,24,31)(H,26,30). The third-order valence-electron chi connectivity index (χ3n) is 5.49. The molecule has 0 radical (unpaired) electrons. The summed E-state index contributed by atoms with van der Waals surface area (Å²) >= 11 is 1.45. The van der Waals surface area contributed by atoms with Gasteiger partial charge in [-0.3, -0.25) is 19.0 Å². The van der Waals surface area contributed by atoms with Crippen molar-refractivity contribution in [3.63, 3.8) is 0 Å². The van der Waals surface area contributed by atoms with E-state index in [0.717, 1.165) is 11.3 Å². The van der Waals surface area contributed by atoms with Crippen molar-refractivity contribution >= 4 is 40.3 Å². The molecule has 3 heterocycles. The van der Waals surface area contributed by atoms with Gasteiger partial charge in [0.25, 0.3) is 5.56 Å². The summed E-state index contributed by atoms with van der Waals surface area (Å²) in [6.07, 6.45) is 1.65. The van der Waals surface area contributed by atoms with Crippen molar-refractivity contribution in [3.8, 4) is 5.69 Å². The van der Waals surface area contributed by atoms with Gasteiger partial charge in [0.15, 0.2) is 10.8 Å². The summed E-state index contributed by atoms with van der Waals surface area (Å²) in [5.41, 5.74) is 8.37. The van der Waals surface area contributed by atoms with Crippen LogP contribution >= 0.6 is 11.8 Å². The summed E-state index contributed by atoms with van der Waals surface area (Å²) < 4.78 is 3.26. The van der Waals surface area contributed by atoms with Crippen molar-refractivity contribution in [2.75, 3.05) is 11.1 Å². The Labute approximate surface area is 192 Å². The Kier molecular flexibility index (Phi) is 5.21. The van der Waals surface area contributed by atoms with Crippen LogP contribution in [0.15, 0.2) is 64.7 Å². The number of carbonyl (C=O) groups excluding carboxylic acids is 2. The second kappa shape index (κ2) is 8.21. The zero-order chi connectivity index (χ0) is 23.1. The average Bonchev–Trinajstić information content (AvgIpc) is 3.39. The second-order valence-corrected chi connectivity index (χ2v) is 8.85. The van der Waals surface area contributed by atoms with Gasteiger partial charge in [0, 0.05) is 23.4 Å². The summed E-state index contributed by atoms with van der Waals surface area (Å²) in [6.45, 7) is 1.99. The zero-order valence-corrected chi connectivity index (χ0v) is 18.5. The van der Waals surface area contributed by atoms with Gasteiger partial charge in [-0.25, -0.2) is 9.67 Å². The fourth-order valence-corrected chi connectivity index (χ4v) is 5.00. The van der Waals surface area contributed by atoms with Crippen LogP contribution in [0, 0.1) is 6.92 Å². The number of aryl methyl sites for hydroxylation is 1. The summed E-state index contributed by atoms with van der Waals surface area (Å²) in [7, 11) is 0. The molecule has 10 heteroatoms. The Morgan fingerprint density at radius 2 is 2.00 bits per heavy atom. The van der Waals surface area contributed by atoms with E-state index in [4.69, 9.17) is 10.7 Å². The van der Waals surface area contributed by atoms with Gasteiger partial charge in [-0.15, -0.1) is 0 Å². The van der Waals surface area contributed by atoms with Crippen molar-refractivity contribution in [1.29, 1.82) is 0 Å². The number of carbonyl (C=O) groups is 2. The summed E-state index contributed by atoms with van der Waals surface area (Å²) in [6, 6.07) is 13.8. The highest BCUT2D eigenvalue weighted by Crippen LogP contribution is 2.33. The molecule has 2 aromatic heterocycles. The summed E-state index contributed by atoms with van der Waals surface area (Å²) in [4.78, 5) is 41.8. The predicted octanol–water partition coefficient (Wildman–Crippen LogP) is 2.67. The van der Waals surface area contributed by atoms with Gasteiger partial charge >= 0.3 is 0 Å². The van der Waals surface area contributed by atoms with E-state index in [1.54, 1.807) is 33.5 Å². The van der Waals surface area contributed by atoms with E-state index in [0.29, 0.717) is 33.2 Å². The van der Waals surface area contributed by atoms with Gasteiger partial charge in [-0.1, -0.05) is 23.9 Å². The lowest BCUT2D eigenvalue weighted by Gasteiger charge is -2.13. The molecule has 2 aromatic carbocycles. The van der Waals surface area contributed by atoms with Gasteiger partial charge in [-0.05, 0) is 48.9 Å². The third kappa shape index (κ3) is 3.89. The number of nitrogens with one attached hydrogen (secondary N) is 1. The maximum atomic E-state index is 13.3. The van der Waals surface area contributed by atoms with Gasteiger partial charge in [0.05, 0.1) is 17.9 Å². The van der Waals surface area contributed by atoms with Crippen LogP contribution in [-0.4, -0.2) is 36.9 Å². The normalized spacial score (nSPS) is 14.9. The van der Waals surface area contributed by atoms with Gasteiger partial charge in [0.2, 0.25) is 11.8 Å². The number of fused-ring (bicyclic) bond motifs is 2. The lowest BCUT2D eigenvalue weighted by Crippen LogP contribution is -2.27. The topological polar surface area (TPSA) is 125 Å². The number of rotatable bonds is 5. The van der Waals surface area contributed by atoms with Crippen molar-refractivity contribution in [3.05, 3.63) is 76.2 Å². The quantitative estimate of drug-likeness (QED) is 0.441. The minimum atomic E-state index is -0.531. The molecule has 9 nitrogen and oxygen atoms in total. The Balaban J connectivity index is 1.40. The monoisotopic (exact) mass is 460 g/mol. The predicted molar refractivity (Wildman–Crippen MR) is 126 cm³/mol. The summed E-state index contributed by atoms with van der Waals surface area (Å²) in [5.74, 6) is -0.195. The van der Waals surface area contributed by atoms with Crippen LogP contribution in [0.2, 0.25) is 0 Å². The fraction of sp³-hybridized carbons (Fsp3) is 0.174. The largest absolute Gasteiger partial charge is 0.366 e. The Morgan fingerprint density at radius 1 is 1.21 bits per heavy atom. The Bertz CT molecular complexity index is 1460. The molecule has 0 saturated heterocycles. The van der Waals surface area contributed by atoms with Crippen molar-refractivity contribution in [2.24, 2.45) is 5.73 Å². The number of primary amides is 1. The highest BCUT2D eigenvalue weighted by molar-refractivity contribution is 7.99. The molecular weight excluding hydrogens is 440 g/mol. The number of nitrogens with two attached hydrogens (primary N) is 1. The van der Waals surface area contributed by atoms with Crippen LogP contribution in [0.3, 0.4) is 0 Å². The third-order valence-corrected chi connectivity index (χ3v) is 6.59. The smallest absolute Gasteiger partial charge is 0.265 e. The SMILES string of the molecule is Cc1cccc(-n2ncc3c(=O)n4c(nc32)SCC4CC(=O)Nc2ccc(C(N)=O)cc2)c1. The average molecular weight is 461 g/mol. The Hall–Kier alpha value is -3.92. The maximum absolute atomic E-state index is 13.3. The molecular formula is C23H20N6O3S. The Morgan fingerprint density at radius 3 is 2.73 bits per heavy atom. The zero-order valence-electron chi connectivity index (χ0n) is 17.7. The van der Waals surface area contributed by atoms with Crippen LogP contribution in [0.4, 0.5) is 5.69 Å². The number of nitrogens with zero attached hydrogens (tertiary/aromatic N) is 4. The van der Waals surface area contributed by atoms with E-state index >= 15 is 0 Å². The number of hydrogen-bond donors (Lipinski definition) is 2. The first-order chi connectivity index (χ1) is 15.9. The lowest BCUT2D eigenvalue weighted by atomic mass is 10.2. The molecule has 5 rings (SSSR count). The molecule has 0 aliphatic carbocycles. The van der Waals surface area contributed by atoms with E-state index in [1.165, 1.54) is 18.0 Å². The fourth-order valence-electron chi connectivity index (χ4n) is 3.87. The van der Waals surface area contributed by atoms with Gasteiger partial charge in [0.1, 0.15) is 5.39 Å². The lowest BCUT2D eigenvalue weighted by molar-refractivity contribution is -0.116. The molecule has 1 aliphatic rings. The van der Waals surface area contributed by atoms with E-state index in [9.17, 15) is 14.4 Å². The van der Waals surface area contributed by atoms with Crippen LogP contribution in [0.1, 0.15) is 28.4 Å². The molecule has 0 spiro atoms. The summed E-state index contributed by atoms with van der Waals surface area (Å²) in [5, 5.41) is 8.18. The highest BCUT2D eigenvalue weighted by atomic mass is 32.2. The molecule has 0 saturated carbocycles. The van der Waals surface area contributed by atoms with E-state index in [2.05, 4.69) is 10.4 Å². The molecule has 0 bridgehead atoms. The van der Waals surface area contributed by atoms with E-state index in [-0.39, 0.29) is 23.9 Å². The van der Waals surface area contributed by atoms with Crippen molar-refractivity contribution in [1.82, 2.24) is 19.3 Å². The molecule has 4 aromatic rings. The number of thioether (sulfide) groups is 1. The van der Waals surface area contributed by atoms with Crippen molar-refractivity contribution in [2.45, 2.75) is 24.5 Å². The van der Waals surface area contributed by atoms with Gasteiger partial charge in [-0.2, -0.15) is 5.10 Å². The number of aromatic nitrogens is 4. The van der Waals surface area contributed by atoms with Crippen LogP contribution in [0.5, 0.6) is 0 Å². The molecule has 1 aliphatic heterocycles. The van der Waals surface area contributed by atoms with E-state index < -0.39 is 5.91 Å². The number of amides is 2. The van der Waals surface area contributed by atoms with Gasteiger partial charge < -0.3 is 11.1 Å².